The first-order valence-electron chi connectivity index (χ1n) is 5.49. The van der Waals surface area contributed by atoms with Crippen molar-refractivity contribution in [3.63, 3.8) is 0 Å². The SMILES string of the molecule is C[C@@H]1CNC[C@H]1C(=O)N1CCNCC1. The van der Waals surface area contributed by atoms with Gasteiger partial charge in [-0.05, 0) is 12.5 Å². The topological polar surface area (TPSA) is 44.4 Å². The van der Waals surface area contributed by atoms with Crippen LogP contribution >= 0.6 is 0 Å². The Morgan fingerprint density at radius 2 is 1.93 bits per heavy atom. The lowest BCUT2D eigenvalue weighted by Crippen LogP contribution is -2.49. The zero-order chi connectivity index (χ0) is 9.97. The van der Waals surface area contributed by atoms with E-state index in [0.717, 1.165) is 39.3 Å². The van der Waals surface area contributed by atoms with E-state index < -0.39 is 0 Å². The van der Waals surface area contributed by atoms with Crippen LogP contribution in [0.25, 0.3) is 0 Å². The molecule has 2 saturated heterocycles. The largest absolute Gasteiger partial charge is 0.340 e. The molecule has 0 bridgehead atoms. The van der Waals surface area contributed by atoms with Gasteiger partial charge in [-0.25, -0.2) is 0 Å². The lowest BCUT2D eigenvalue weighted by atomic mass is 9.96. The van der Waals surface area contributed by atoms with E-state index in [9.17, 15) is 4.79 Å². The number of rotatable bonds is 1. The second-order valence-electron chi connectivity index (χ2n) is 4.32. The molecule has 0 spiro atoms. The third-order valence-electron chi connectivity index (χ3n) is 3.26. The lowest BCUT2D eigenvalue weighted by molar-refractivity contribution is -0.136. The summed E-state index contributed by atoms with van der Waals surface area (Å²) in [6, 6.07) is 0. The molecule has 0 aromatic carbocycles. The molecule has 2 fully saturated rings. The van der Waals surface area contributed by atoms with Crippen molar-refractivity contribution in [3.8, 4) is 0 Å². The summed E-state index contributed by atoms with van der Waals surface area (Å²) in [7, 11) is 0. The minimum absolute atomic E-state index is 0.216. The highest BCUT2D eigenvalue weighted by atomic mass is 16.2. The molecule has 2 N–H and O–H groups in total. The first-order chi connectivity index (χ1) is 6.79. The quantitative estimate of drug-likeness (QED) is 0.583. The molecular weight excluding hydrogens is 178 g/mol. The van der Waals surface area contributed by atoms with E-state index in [4.69, 9.17) is 0 Å². The van der Waals surface area contributed by atoms with Crippen LogP contribution < -0.4 is 10.6 Å². The normalized spacial score (nSPS) is 33.4. The number of amides is 1. The number of nitrogens with zero attached hydrogens (tertiary/aromatic N) is 1. The highest BCUT2D eigenvalue weighted by Crippen LogP contribution is 2.18. The second kappa shape index (κ2) is 4.28. The van der Waals surface area contributed by atoms with Crippen molar-refractivity contribution in [2.24, 2.45) is 11.8 Å². The van der Waals surface area contributed by atoms with Gasteiger partial charge in [-0.1, -0.05) is 6.92 Å². The van der Waals surface area contributed by atoms with Crippen LogP contribution in [-0.4, -0.2) is 50.1 Å². The molecule has 2 aliphatic heterocycles. The molecule has 0 aromatic heterocycles. The number of hydrogen-bond acceptors (Lipinski definition) is 3. The fourth-order valence-electron chi connectivity index (χ4n) is 2.26. The van der Waals surface area contributed by atoms with Crippen LogP contribution in [0.2, 0.25) is 0 Å². The average Bonchev–Trinajstić information content (AvgIpc) is 2.65. The summed E-state index contributed by atoms with van der Waals surface area (Å²) in [5.74, 6) is 1.06. The van der Waals surface area contributed by atoms with E-state index in [1.165, 1.54) is 0 Å². The van der Waals surface area contributed by atoms with Crippen LogP contribution in [0, 0.1) is 11.8 Å². The fourth-order valence-corrected chi connectivity index (χ4v) is 2.26. The van der Waals surface area contributed by atoms with Gasteiger partial charge in [-0.3, -0.25) is 4.79 Å². The zero-order valence-corrected chi connectivity index (χ0v) is 8.75. The average molecular weight is 197 g/mol. The van der Waals surface area contributed by atoms with Gasteiger partial charge in [0.1, 0.15) is 0 Å². The Kier molecular flexibility index (Phi) is 3.03. The molecule has 0 aliphatic carbocycles. The summed E-state index contributed by atoms with van der Waals surface area (Å²) in [4.78, 5) is 14.1. The van der Waals surface area contributed by atoms with E-state index >= 15 is 0 Å². The van der Waals surface area contributed by atoms with Gasteiger partial charge in [0.05, 0.1) is 5.92 Å². The van der Waals surface area contributed by atoms with Crippen LogP contribution in [0.3, 0.4) is 0 Å². The monoisotopic (exact) mass is 197 g/mol. The van der Waals surface area contributed by atoms with Crippen LogP contribution in [-0.2, 0) is 4.79 Å². The smallest absolute Gasteiger partial charge is 0.227 e. The van der Waals surface area contributed by atoms with Crippen LogP contribution in [0.5, 0.6) is 0 Å². The van der Waals surface area contributed by atoms with Crippen molar-refractivity contribution < 1.29 is 4.79 Å². The summed E-state index contributed by atoms with van der Waals surface area (Å²) in [6.45, 7) is 7.65. The summed E-state index contributed by atoms with van der Waals surface area (Å²) in [6.07, 6.45) is 0. The van der Waals surface area contributed by atoms with Gasteiger partial charge in [0.15, 0.2) is 0 Å². The maximum absolute atomic E-state index is 12.1. The number of hydrogen-bond donors (Lipinski definition) is 2. The lowest BCUT2D eigenvalue weighted by Gasteiger charge is -2.30. The Balaban J connectivity index is 1.92. The third-order valence-corrected chi connectivity index (χ3v) is 3.26. The molecule has 2 rings (SSSR count). The molecule has 0 saturated carbocycles. The van der Waals surface area contributed by atoms with Crippen molar-refractivity contribution >= 4 is 5.91 Å². The van der Waals surface area contributed by atoms with Crippen molar-refractivity contribution in [3.05, 3.63) is 0 Å². The second-order valence-corrected chi connectivity index (χ2v) is 4.32. The van der Waals surface area contributed by atoms with E-state index in [1.54, 1.807) is 0 Å². The molecular formula is C10H19N3O. The predicted octanol–water partition coefficient (Wildman–Crippen LogP) is -0.726. The van der Waals surface area contributed by atoms with E-state index in [1.807, 2.05) is 4.90 Å². The summed E-state index contributed by atoms with van der Waals surface area (Å²) < 4.78 is 0. The summed E-state index contributed by atoms with van der Waals surface area (Å²) >= 11 is 0. The highest BCUT2D eigenvalue weighted by Gasteiger charge is 2.32. The predicted molar refractivity (Wildman–Crippen MR) is 55.0 cm³/mol. The fraction of sp³-hybridized carbons (Fsp3) is 0.900. The Morgan fingerprint density at radius 1 is 1.21 bits per heavy atom. The number of carbonyl (C=O) groups excluding carboxylic acids is 1. The molecule has 0 unspecified atom stereocenters. The third kappa shape index (κ3) is 1.91. The van der Waals surface area contributed by atoms with Crippen molar-refractivity contribution in [2.45, 2.75) is 6.92 Å². The molecule has 0 radical (unpaired) electrons. The molecule has 80 valence electrons. The van der Waals surface area contributed by atoms with Crippen molar-refractivity contribution in [1.29, 1.82) is 0 Å². The Morgan fingerprint density at radius 3 is 2.50 bits per heavy atom. The van der Waals surface area contributed by atoms with Gasteiger partial charge < -0.3 is 15.5 Å². The number of piperazine rings is 1. The Labute approximate surface area is 85.0 Å². The van der Waals surface area contributed by atoms with E-state index in [2.05, 4.69) is 17.6 Å². The molecule has 2 heterocycles. The van der Waals surface area contributed by atoms with Crippen LogP contribution in [0.15, 0.2) is 0 Å². The number of carbonyl (C=O) groups is 1. The van der Waals surface area contributed by atoms with Gasteiger partial charge in [0.2, 0.25) is 5.91 Å². The first kappa shape index (κ1) is 9.93. The maximum Gasteiger partial charge on any atom is 0.227 e. The van der Waals surface area contributed by atoms with Gasteiger partial charge in [-0.2, -0.15) is 0 Å². The van der Waals surface area contributed by atoms with E-state index in [0.29, 0.717) is 11.8 Å². The highest BCUT2D eigenvalue weighted by molar-refractivity contribution is 5.79. The van der Waals surface area contributed by atoms with Gasteiger partial charge in [0, 0.05) is 32.7 Å². The minimum atomic E-state index is 0.216. The zero-order valence-electron chi connectivity index (χ0n) is 8.75. The van der Waals surface area contributed by atoms with Crippen LogP contribution in [0.1, 0.15) is 6.92 Å². The first-order valence-corrected chi connectivity index (χ1v) is 5.49. The molecule has 2 aliphatic rings. The Hall–Kier alpha value is -0.610. The number of nitrogens with one attached hydrogen (secondary N) is 2. The molecule has 4 nitrogen and oxygen atoms in total. The van der Waals surface area contributed by atoms with Crippen molar-refractivity contribution in [1.82, 2.24) is 15.5 Å². The van der Waals surface area contributed by atoms with Gasteiger partial charge in [0.25, 0.3) is 0 Å². The standard InChI is InChI=1S/C10H19N3O/c1-8-6-12-7-9(8)10(14)13-4-2-11-3-5-13/h8-9,11-12H,2-7H2,1H3/t8-,9-/m1/s1. The van der Waals surface area contributed by atoms with Gasteiger partial charge >= 0.3 is 0 Å². The summed E-state index contributed by atoms with van der Waals surface area (Å²) in [5.41, 5.74) is 0. The molecule has 2 atom stereocenters. The molecule has 1 amide bonds. The van der Waals surface area contributed by atoms with E-state index in [-0.39, 0.29) is 5.92 Å². The molecule has 4 heteroatoms. The molecule has 14 heavy (non-hydrogen) atoms. The maximum atomic E-state index is 12.1. The molecule has 0 aromatic rings. The van der Waals surface area contributed by atoms with Crippen LogP contribution in [0.4, 0.5) is 0 Å². The van der Waals surface area contributed by atoms with Gasteiger partial charge in [-0.15, -0.1) is 0 Å². The summed E-state index contributed by atoms with van der Waals surface area (Å²) in [5, 5.41) is 6.54. The minimum Gasteiger partial charge on any atom is -0.340 e. The van der Waals surface area contributed by atoms with Crippen molar-refractivity contribution in [2.75, 3.05) is 39.3 Å². The Bertz CT molecular complexity index is 213.